The first kappa shape index (κ1) is 12.9. The van der Waals surface area contributed by atoms with E-state index < -0.39 is 0 Å². The highest BCUT2D eigenvalue weighted by Gasteiger charge is 2.13. The van der Waals surface area contributed by atoms with Crippen LogP contribution in [0.3, 0.4) is 0 Å². The van der Waals surface area contributed by atoms with Crippen LogP contribution in [-0.2, 0) is 14.3 Å². The third-order valence-electron chi connectivity index (χ3n) is 2.77. The van der Waals surface area contributed by atoms with Crippen LogP contribution in [-0.4, -0.2) is 18.4 Å². The Hall–Kier alpha value is -1.12. The molecule has 90 valence electrons. The van der Waals surface area contributed by atoms with Gasteiger partial charge in [-0.05, 0) is 31.3 Å². The Balaban J connectivity index is 1.92. The van der Waals surface area contributed by atoms with Gasteiger partial charge in [-0.1, -0.05) is 18.9 Å². The van der Waals surface area contributed by atoms with E-state index in [1.807, 2.05) is 0 Å². The highest BCUT2D eigenvalue weighted by atomic mass is 16.5. The van der Waals surface area contributed by atoms with Crippen LogP contribution in [0.2, 0.25) is 0 Å². The first-order valence-electron chi connectivity index (χ1n) is 6.06. The van der Waals surface area contributed by atoms with Gasteiger partial charge in [0, 0.05) is 13.3 Å². The van der Waals surface area contributed by atoms with E-state index in [9.17, 15) is 9.59 Å². The average molecular weight is 224 g/mol. The standard InChI is InChI=1S/C13H20O3/c1-11(14)16-10-5-3-2-4-7-12-8-6-9-13(12)15/h8H,2-7,9-10H2,1H3. The molecule has 0 aromatic heterocycles. The number of hydrogen-bond acceptors (Lipinski definition) is 3. The summed E-state index contributed by atoms with van der Waals surface area (Å²) in [6.45, 7) is 1.95. The third-order valence-corrected chi connectivity index (χ3v) is 2.77. The molecule has 0 bridgehead atoms. The lowest BCUT2D eigenvalue weighted by molar-refractivity contribution is -0.141. The number of allylic oxidation sites excluding steroid dienone is 2. The molecule has 0 radical (unpaired) electrons. The lowest BCUT2D eigenvalue weighted by Crippen LogP contribution is -2.00. The van der Waals surface area contributed by atoms with E-state index in [4.69, 9.17) is 4.74 Å². The minimum atomic E-state index is -0.207. The molecule has 3 heteroatoms. The molecule has 0 amide bonds. The minimum absolute atomic E-state index is 0.207. The zero-order valence-corrected chi connectivity index (χ0v) is 9.96. The Bertz CT molecular complexity index is 279. The number of unbranched alkanes of at least 4 members (excludes halogenated alkanes) is 3. The highest BCUT2D eigenvalue weighted by molar-refractivity contribution is 5.97. The van der Waals surface area contributed by atoms with Gasteiger partial charge in [0.1, 0.15) is 0 Å². The van der Waals surface area contributed by atoms with Gasteiger partial charge < -0.3 is 4.74 Å². The van der Waals surface area contributed by atoms with Crippen molar-refractivity contribution in [3.05, 3.63) is 11.6 Å². The number of carbonyl (C=O) groups excluding carboxylic acids is 2. The molecular formula is C13H20O3. The van der Waals surface area contributed by atoms with Crippen LogP contribution >= 0.6 is 0 Å². The smallest absolute Gasteiger partial charge is 0.302 e. The summed E-state index contributed by atoms with van der Waals surface area (Å²) >= 11 is 0. The summed E-state index contributed by atoms with van der Waals surface area (Å²) in [5.41, 5.74) is 1.03. The number of esters is 1. The van der Waals surface area contributed by atoms with Gasteiger partial charge in [-0.3, -0.25) is 9.59 Å². The first-order valence-corrected chi connectivity index (χ1v) is 6.06. The van der Waals surface area contributed by atoms with Crippen LogP contribution in [0.4, 0.5) is 0 Å². The van der Waals surface area contributed by atoms with E-state index in [-0.39, 0.29) is 5.97 Å². The zero-order chi connectivity index (χ0) is 11.8. The van der Waals surface area contributed by atoms with Gasteiger partial charge in [0.05, 0.1) is 6.61 Å². The molecule has 1 rings (SSSR count). The maximum atomic E-state index is 11.3. The Morgan fingerprint density at radius 1 is 1.31 bits per heavy atom. The van der Waals surface area contributed by atoms with Crippen molar-refractivity contribution in [1.29, 1.82) is 0 Å². The second-order valence-electron chi connectivity index (χ2n) is 4.20. The lowest BCUT2D eigenvalue weighted by atomic mass is 10.1. The zero-order valence-electron chi connectivity index (χ0n) is 9.96. The van der Waals surface area contributed by atoms with Crippen LogP contribution < -0.4 is 0 Å². The molecule has 0 aliphatic heterocycles. The van der Waals surface area contributed by atoms with Crippen molar-refractivity contribution in [2.45, 2.75) is 51.9 Å². The van der Waals surface area contributed by atoms with E-state index >= 15 is 0 Å². The predicted molar refractivity (Wildman–Crippen MR) is 62.0 cm³/mol. The molecule has 0 spiro atoms. The number of carbonyl (C=O) groups is 2. The van der Waals surface area contributed by atoms with Gasteiger partial charge in [-0.15, -0.1) is 0 Å². The van der Waals surface area contributed by atoms with Gasteiger partial charge in [0.25, 0.3) is 0 Å². The summed E-state index contributed by atoms with van der Waals surface area (Å²) in [5, 5.41) is 0. The van der Waals surface area contributed by atoms with Gasteiger partial charge >= 0.3 is 5.97 Å². The summed E-state index contributed by atoms with van der Waals surface area (Å²) in [6, 6.07) is 0. The fourth-order valence-corrected chi connectivity index (χ4v) is 1.88. The summed E-state index contributed by atoms with van der Waals surface area (Å²) in [5.74, 6) is 0.127. The quantitative estimate of drug-likeness (QED) is 0.493. The molecule has 1 aliphatic rings. The van der Waals surface area contributed by atoms with Crippen molar-refractivity contribution in [3.63, 3.8) is 0 Å². The summed E-state index contributed by atoms with van der Waals surface area (Å²) in [6.07, 6.45) is 8.79. The number of Topliss-reactive ketones (excluding diaryl/α,β-unsaturated/α-hetero) is 1. The normalized spacial score (nSPS) is 15.1. The number of ketones is 1. The molecule has 0 saturated heterocycles. The number of rotatable bonds is 7. The molecule has 3 nitrogen and oxygen atoms in total. The number of ether oxygens (including phenoxy) is 1. The Morgan fingerprint density at radius 2 is 2.06 bits per heavy atom. The topological polar surface area (TPSA) is 43.4 Å². The van der Waals surface area contributed by atoms with Crippen LogP contribution in [0.15, 0.2) is 11.6 Å². The summed E-state index contributed by atoms with van der Waals surface area (Å²) < 4.78 is 4.83. The van der Waals surface area contributed by atoms with Crippen LogP contribution in [0.5, 0.6) is 0 Å². The minimum Gasteiger partial charge on any atom is -0.466 e. The maximum absolute atomic E-state index is 11.3. The monoisotopic (exact) mass is 224 g/mol. The third kappa shape index (κ3) is 5.10. The summed E-state index contributed by atoms with van der Waals surface area (Å²) in [4.78, 5) is 21.8. The molecule has 0 saturated carbocycles. The van der Waals surface area contributed by atoms with Crippen LogP contribution in [0.1, 0.15) is 51.9 Å². The second kappa shape index (κ2) is 7.20. The van der Waals surface area contributed by atoms with Crippen molar-refractivity contribution >= 4 is 11.8 Å². The van der Waals surface area contributed by atoms with Gasteiger partial charge in [0.15, 0.2) is 5.78 Å². The molecule has 0 fully saturated rings. The SMILES string of the molecule is CC(=O)OCCCCCCC1=CCCC1=O. The van der Waals surface area contributed by atoms with Crippen LogP contribution in [0.25, 0.3) is 0 Å². The largest absolute Gasteiger partial charge is 0.466 e. The molecule has 0 unspecified atom stereocenters. The van der Waals surface area contributed by atoms with Gasteiger partial charge in [0.2, 0.25) is 0 Å². The maximum Gasteiger partial charge on any atom is 0.302 e. The lowest BCUT2D eigenvalue weighted by Gasteiger charge is -2.02. The molecule has 0 atom stereocenters. The van der Waals surface area contributed by atoms with E-state index in [0.29, 0.717) is 18.8 Å². The molecule has 0 N–H and O–H groups in total. The molecule has 1 aliphatic carbocycles. The van der Waals surface area contributed by atoms with E-state index in [1.54, 1.807) is 0 Å². The number of hydrogen-bond donors (Lipinski definition) is 0. The molecule has 0 aromatic rings. The fourth-order valence-electron chi connectivity index (χ4n) is 1.88. The summed E-state index contributed by atoms with van der Waals surface area (Å²) in [7, 11) is 0. The van der Waals surface area contributed by atoms with Crippen molar-refractivity contribution in [1.82, 2.24) is 0 Å². The second-order valence-corrected chi connectivity index (χ2v) is 4.20. The fraction of sp³-hybridized carbons (Fsp3) is 0.692. The van der Waals surface area contributed by atoms with Gasteiger partial charge in [-0.25, -0.2) is 0 Å². The Labute approximate surface area is 96.9 Å². The highest BCUT2D eigenvalue weighted by Crippen LogP contribution is 2.19. The first-order chi connectivity index (χ1) is 7.70. The van der Waals surface area contributed by atoms with E-state index in [2.05, 4.69) is 6.08 Å². The van der Waals surface area contributed by atoms with E-state index in [1.165, 1.54) is 6.92 Å². The Morgan fingerprint density at radius 3 is 2.69 bits per heavy atom. The Kier molecular flexibility index (Phi) is 5.83. The average Bonchev–Trinajstić information content (AvgIpc) is 2.62. The van der Waals surface area contributed by atoms with Crippen molar-refractivity contribution in [2.24, 2.45) is 0 Å². The van der Waals surface area contributed by atoms with Crippen molar-refractivity contribution < 1.29 is 14.3 Å². The van der Waals surface area contributed by atoms with Crippen molar-refractivity contribution in [2.75, 3.05) is 6.61 Å². The van der Waals surface area contributed by atoms with Gasteiger partial charge in [-0.2, -0.15) is 0 Å². The van der Waals surface area contributed by atoms with Crippen LogP contribution in [0, 0.1) is 0 Å². The predicted octanol–water partition coefficient (Wildman–Crippen LogP) is 2.79. The molecule has 0 aromatic carbocycles. The molecule has 0 heterocycles. The molecular weight excluding hydrogens is 204 g/mol. The van der Waals surface area contributed by atoms with E-state index in [0.717, 1.165) is 44.1 Å². The van der Waals surface area contributed by atoms with Crippen molar-refractivity contribution in [3.8, 4) is 0 Å². The molecule has 16 heavy (non-hydrogen) atoms.